The van der Waals surface area contributed by atoms with Crippen molar-refractivity contribution in [3.63, 3.8) is 0 Å². The number of nitrogen functional groups attached to an aromatic ring is 1. The van der Waals surface area contributed by atoms with Gasteiger partial charge in [-0.1, -0.05) is 31.2 Å². The van der Waals surface area contributed by atoms with Crippen LogP contribution in [0, 0.1) is 6.92 Å². The Kier molecular flexibility index (Phi) is 3.18. The quantitative estimate of drug-likeness (QED) is 0.789. The van der Waals surface area contributed by atoms with Crippen LogP contribution in [0.4, 0.5) is 5.82 Å². The molecule has 4 rings (SSSR count). The zero-order chi connectivity index (χ0) is 16.0. The molecule has 0 amide bonds. The number of hydrogen-bond donors (Lipinski definition) is 1. The van der Waals surface area contributed by atoms with E-state index in [9.17, 15) is 0 Å². The first-order chi connectivity index (χ1) is 11.2. The van der Waals surface area contributed by atoms with Gasteiger partial charge in [-0.25, -0.2) is 9.97 Å². The molecule has 0 aliphatic heterocycles. The average Bonchev–Trinajstić information content (AvgIpc) is 2.86. The number of imidazole rings is 1. The number of benzene rings is 1. The second kappa shape index (κ2) is 5.23. The second-order valence-corrected chi connectivity index (χ2v) is 6.25. The van der Waals surface area contributed by atoms with E-state index < -0.39 is 0 Å². The number of rotatable bonds is 3. The van der Waals surface area contributed by atoms with Gasteiger partial charge in [0, 0.05) is 23.9 Å². The Morgan fingerprint density at radius 1 is 1.35 bits per heavy atom. The highest BCUT2D eigenvalue weighted by Crippen LogP contribution is 2.39. The zero-order valence-electron chi connectivity index (χ0n) is 13.3. The minimum atomic E-state index is 0.533. The molecule has 3 aromatic rings. The fourth-order valence-electron chi connectivity index (χ4n) is 3.29. The monoisotopic (exact) mass is 304 g/mol. The molecule has 0 saturated heterocycles. The molecule has 0 spiro atoms. The number of hydrogen-bond acceptors (Lipinski definition) is 3. The van der Waals surface area contributed by atoms with Crippen molar-refractivity contribution in [2.75, 3.05) is 5.73 Å². The summed E-state index contributed by atoms with van der Waals surface area (Å²) < 4.78 is 2.12. The number of nitrogens with zero attached hydrogens (tertiary/aromatic N) is 3. The predicted octanol–water partition coefficient (Wildman–Crippen LogP) is 4.20. The third kappa shape index (κ3) is 2.13. The molecule has 23 heavy (non-hydrogen) atoms. The first kappa shape index (κ1) is 14.0. The topological polar surface area (TPSA) is 56.2 Å². The fraction of sp³-hybridized carbons (Fsp3) is 0.263. The van der Waals surface area contributed by atoms with E-state index in [0.717, 1.165) is 28.2 Å². The molecule has 1 aliphatic carbocycles. The summed E-state index contributed by atoms with van der Waals surface area (Å²) in [5.74, 6) is 2.18. The Hall–Kier alpha value is -2.62. The molecule has 1 aliphatic rings. The van der Waals surface area contributed by atoms with E-state index >= 15 is 0 Å². The van der Waals surface area contributed by atoms with Crippen LogP contribution < -0.4 is 5.73 Å². The predicted molar refractivity (Wildman–Crippen MR) is 94.3 cm³/mol. The van der Waals surface area contributed by atoms with Crippen LogP contribution in [-0.2, 0) is 0 Å². The van der Waals surface area contributed by atoms with Gasteiger partial charge in [0.05, 0.1) is 0 Å². The van der Waals surface area contributed by atoms with Gasteiger partial charge in [0.15, 0.2) is 0 Å². The molecule has 4 nitrogen and oxygen atoms in total. The molecule has 2 aromatic heterocycles. The summed E-state index contributed by atoms with van der Waals surface area (Å²) in [5.41, 5.74) is 11.4. The van der Waals surface area contributed by atoms with Crippen LogP contribution in [0.2, 0.25) is 0 Å². The maximum Gasteiger partial charge on any atom is 0.150 e. The van der Waals surface area contributed by atoms with Crippen molar-refractivity contribution in [3.8, 4) is 11.3 Å². The number of aryl methyl sites for hydroxylation is 1. The van der Waals surface area contributed by atoms with Gasteiger partial charge in [0.1, 0.15) is 22.9 Å². The first-order valence-electron chi connectivity index (χ1n) is 8.05. The summed E-state index contributed by atoms with van der Waals surface area (Å²) in [6.07, 6.45) is 9.29. The summed E-state index contributed by atoms with van der Waals surface area (Å²) in [4.78, 5) is 9.22. The zero-order valence-corrected chi connectivity index (χ0v) is 13.3. The Labute approximate surface area is 135 Å². The Bertz CT molecular complexity index is 903. The molecule has 1 aromatic carbocycles. The SMILES string of the molecule is C=Cc1ccc(-c2nc(C3CCC3)n3ccnc(N)c23)cc1C. The lowest BCUT2D eigenvalue weighted by Gasteiger charge is -2.23. The van der Waals surface area contributed by atoms with Crippen molar-refractivity contribution >= 4 is 17.4 Å². The van der Waals surface area contributed by atoms with Crippen LogP contribution in [0.1, 0.15) is 42.1 Å². The lowest BCUT2D eigenvalue weighted by Crippen LogP contribution is -2.12. The fourth-order valence-corrected chi connectivity index (χ4v) is 3.29. The van der Waals surface area contributed by atoms with E-state index in [2.05, 4.69) is 41.1 Å². The van der Waals surface area contributed by atoms with Gasteiger partial charge in [-0.05, 0) is 37.0 Å². The van der Waals surface area contributed by atoms with Crippen LogP contribution >= 0.6 is 0 Å². The minimum absolute atomic E-state index is 0.533. The van der Waals surface area contributed by atoms with Crippen molar-refractivity contribution in [1.29, 1.82) is 0 Å². The van der Waals surface area contributed by atoms with Gasteiger partial charge in [0.25, 0.3) is 0 Å². The molecule has 2 heterocycles. The standard InChI is InChI=1S/C19H20N4/c1-3-13-7-8-15(11-12(13)2)16-17-18(20)21-9-10-23(17)19(22-16)14-5-4-6-14/h3,7-11,14H,1,4-6H2,2H3,(H2,20,21). The van der Waals surface area contributed by atoms with E-state index in [0.29, 0.717) is 11.7 Å². The Balaban J connectivity index is 1.96. The lowest BCUT2D eigenvalue weighted by molar-refractivity contribution is 0.400. The van der Waals surface area contributed by atoms with Gasteiger partial charge < -0.3 is 5.73 Å². The van der Waals surface area contributed by atoms with E-state index in [1.807, 2.05) is 12.3 Å². The van der Waals surface area contributed by atoms with Crippen molar-refractivity contribution in [2.45, 2.75) is 32.1 Å². The molecule has 0 bridgehead atoms. The normalized spacial score (nSPS) is 14.8. The highest BCUT2D eigenvalue weighted by Gasteiger charge is 2.26. The first-order valence-corrected chi connectivity index (χ1v) is 8.05. The van der Waals surface area contributed by atoms with Gasteiger partial charge in [-0.15, -0.1) is 0 Å². The van der Waals surface area contributed by atoms with Crippen molar-refractivity contribution in [3.05, 3.63) is 54.1 Å². The summed E-state index contributed by atoms with van der Waals surface area (Å²) >= 11 is 0. The third-order valence-electron chi connectivity index (χ3n) is 4.84. The molecule has 1 fully saturated rings. The molecule has 116 valence electrons. The second-order valence-electron chi connectivity index (χ2n) is 6.25. The minimum Gasteiger partial charge on any atom is -0.382 e. The number of anilines is 1. The van der Waals surface area contributed by atoms with Crippen molar-refractivity contribution in [1.82, 2.24) is 14.4 Å². The smallest absolute Gasteiger partial charge is 0.150 e. The molecule has 2 N–H and O–H groups in total. The van der Waals surface area contributed by atoms with E-state index in [1.54, 1.807) is 6.20 Å². The van der Waals surface area contributed by atoms with E-state index in [1.165, 1.54) is 24.8 Å². The maximum absolute atomic E-state index is 6.17. The van der Waals surface area contributed by atoms with Crippen molar-refractivity contribution in [2.24, 2.45) is 0 Å². The highest BCUT2D eigenvalue weighted by atomic mass is 15.1. The van der Waals surface area contributed by atoms with Crippen LogP contribution in [0.3, 0.4) is 0 Å². The molecule has 0 radical (unpaired) electrons. The summed E-state index contributed by atoms with van der Waals surface area (Å²) in [6, 6.07) is 6.32. The van der Waals surface area contributed by atoms with Gasteiger partial charge in [-0.2, -0.15) is 0 Å². The number of aromatic nitrogens is 3. The number of fused-ring (bicyclic) bond motifs is 1. The largest absolute Gasteiger partial charge is 0.382 e. The molecule has 0 unspecified atom stereocenters. The van der Waals surface area contributed by atoms with Gasteiger partial charge in [0.2, 0.25) is 0 Å². The summed E-state index contributed by atoms with van der Waals surface area (Å²) in [5, 5.41) is 0. The van der Waals surface area contributed by atoms with Gasteiger partial charge >= 0.3 is 0 Å². The summed E-state index contributed by atoms with van der Waals surface area (Å²) in [6.45, 7) is 5.94. The van der Waals surface area contributed by atoms with Crippen LogP contribution in [0.15, 0.2) is 37.2 Å². The van der Waals surface area contributed by atoms with Crippen LogP contribution in [0.25, 0.3) is 22.9 Å². The number of nitrogens with two attached hydrogens (primary N) is 1. The van der Waals surface area contributed by atoms with Crippen LogP contribution in [-0.4, -0.2) is 14.4 Å². The van der Waals surface area contributed by atoms with Crippen molar-refractivity contribution < 1.29 is 0 Å². The lowest BCUT2D eigenvalue weighted by atomic mass is 9.85. The Morgan fingerprint density at radius 3 is 2.83 bits per heavy atom. The molecular weight excluding hydrogens is 284 g/mol. The molecule has 4 heteroatoms. The highest BCUT2D eigenvalue weighted by molar-refractivity contribution is 5.86. The van der Waals surface area contributed by atoms with Crippen LogP contribution in [0.5, 0.6) is 0 Å². The maximum atomic E-state index is 6.17. The molecule has 1 saturated carbocycles. The summed E-state index contributed by atoms with van der Waals surface area (Å²) in [7, 11) is 0. The average molecular weight is 304 g/mol. The Morgan fingerprint density at radius 2 is 2.17 bits per heavy atom. The third-order valence-corrected chi connectivity index (χ3v) is 4.84. The van der Waals surface area contributed by atoms with E-state index in [-0.39, 0.29) is 0 Å². The molecule has 0 atom stereocenters. The van der Waals surface area contributed by atoms with Gasteiger partial charge in [-0.3, -0.25) is 4.40 Å². The molecular formula is C19H20N4. The van der Waals surface area contributed by atoms with E-state index in [4.69, 9.17) is 10.7 Å².